The molecule has 146 valence electrons. The van der Waals surface area contributed by atoms with E-state index in [4.69, 9.17) is 0 Å². The van der Waals surface area contributed by atoms with Gasteiger partial charge in [0.2, 0.25) is 5.91 Å². The van der Waals surface area contributed by atoms with Gasteiger partial charge in [-0.15, -0.1) is 0 Å². The second kappa shape index (κ2) is 8.17. The van der Waals surface area contributed by atoms with Gasteiger partial charge in [-0.25, -0.2) is 9.97 Å². The Morgan fingerprint density at radius 1 is 1.18 bits per heavy atom. The summed E-state index contributed by atoms with van der Waals surface area (Å²) in [6.45, 7) is 6.37. The molecule has 2 atom stereocenters. The lowest BCUT2D eigenvalue weighted by atomic mass is 9.98. The molecule has 0 spiro atoms. The number of thioether (sulfide) groups is 1. The zero-order valence-electron chi connectivity index (χ0n) is 16.4. The van der Waals surface area contributed by atoms with Crippen LogP contribution in [0.4, 0.5) is 0 Å². The van der Waals surface area contributed by atoms with Crippen molar-refractivity contribution in [1.82, 2.24) is 19.2 Å². The Morgan fingerprint density at radius 2 is 1.89 bits per heavy atom. The summed E-state index contributed by atoms with van der Waals surface area (Å²) in [6, 6.07) is 8.94. The first-order valence-corrected chi connectivity index (χ1v) is 11.4. The van der Waals surface area contributed by atoms with Crippen molar-refractivity contribution >= 4 is 39.4 Å². The fourth-order valence-corrected chi connectivity index (χ4v) is 5.65. The number of aromatic nitrogens is 3. The van der Waals surface area contributed by atoms with Gasteiger partial charge in [0.25, 0.3) is 0 Å². The normalized spacial score (nSPS) is 19.9. The summed E-state index contributed by atoms with van der Waals surface area (Å²) in [4.78, 5) is 23.8. The van der Waals surface area contributed by atoms with Gasteiger partial charge < -0.3 is 4.90 Å². The number of carbonyl (C=O) groups is 1. The van der Waals surface area contributed by atoms with Crippen molar-refractivity contribution in [2.24, 2.45) is 0 Å². The minimum Gasteiger partial charge on any atom is -0.337 e. The minimum atomic E-state index is 0.194. The molecule has 1 fully saturated rings. The maximum absolute atomic E-state index is 12.8. The number of amides is 1. The van der Waals surface area contributed by atoms with Crippen LogP contribution in [0.5, 0.6) is 0 Å². The van der Waals surface area contributed by atoms with Crippen LogP contribution in [0.15, 0.2) is 35.6 Å². The summed E-state index contributed by atoms with van der Waals surface area (Å²) in [5.41, 5.74) is 4.01. The van der Waals surface area contributed by atoms with Gasteiger partial charge in [-0.2, -0.15) is 4.37 Å². The van der Waals surface area contributed by atoms with Crippen LogP contribution in [-0.4, -0.2) is 43.0 Å². The zero-order valence-corrected chi connectivity index (χ0v) is 18.0. The highest BCUT2D eigenvalue weighted by atomic mass is 32.2. The molecular formula is C21H24N4OS2. The lowest BCUT2D eigenvalue weighted by Crippen LogP contribution is -2.48. The molecule has 4 rings (SSSR count). The molecule has 7 heteroatoms. The Hall–Kier alpha value is -1.99. The maximum atomic E-state index is 12.8. The van der Waals surface area contributed by atoms with Gasteiger partial charge in [-0.05, 0) is 51.6 Å². The van der Waals surface area contributed by atoms with Crippen molar-refractivity contribution in [3.8, 4) is 11.3 Å². The second-order valence-electron chi connectivity index (χ2n) is 7.47. The Kier molecular flexibility index (Phi) is 5.64. The summed E-state index contributed by atoms with van der Waals surface area (Å²) >= 11 is 2.90. The molecule has 5 nitrogen and oxygen atoms in total. The van der Waals surface area contributed by atoms with E-state index < -0.39 is 0 Å². The topological polar surface area (TPSA) is 59.0 Å². The second-order valence-corrected chi connectivity index (χ2v) is 9.21. The SMILES string of the molecule is Cc1ccc(-c2nsc3c(SCC(=O)N4[C@@H](C)CCC[C@@H]4C)ncnc23)cc1. The van der Waals surface area contributed by atoms with Gasteiger partial charge in [0.1, 0.15) is 27.3 Å². The van der Waals surface area contributed by atoms with Crippen molar-refractivity contribution in [3.05, 3.63) is 36.2 Å². The Balaban J connectivity index is 1.55. The molecule has 3 heterocycles. The fourth-order valence-electron chi connectivity index (χ4n) is 3.86. The van der Waals surface area contributed by atoms with E-state index in [1.165, 1.54) is 35.3 Å². The molecule has 1 aliphatic heterocycles. The summed E-state index contributed by atoms with van der Waals surface area (Å²) in [6.07, 6.45) is 4.96. The van der Waals surface area contributed by atoms with Gasteiger partial charge in [-0.3, -0.25) is 4.79 Å². The molecular weight excluding hydrogens is 388 g/mol. The highest BCUT2D eigenvalue weighted by Crippen LogP contribution is 2.35. The first-order valence-electron chi connectivity index (χ1n) is 9.66. The maximum Gasteiger partial charge on any atom is 0.233 e. The number of hydrogen-bond acceptors (Lipinski definition) is 6. The Morgan fingerprint density at radius 3 is 2.61 bits per heavy atom. The standard InChI is InChI=1S/C21H24N4OS2/c1-13-7-9-16(10-8-13)18-19-20(28-24-18)21(23-12-22-19)27-11-17(26)25-14(2)5-4-6-15(25)3/h7-10,12,14-15H,4-6,11H2,1-3H3/t14-,15-/m0/s1. The minimum absolute atomic E-state index is 0.194. The largest absolute Gasteiger partial charge is 0.337 e. The predicted octanol–water partition coefficient (Wildman–Crippen LogP) is 4.94. The van der Waals surface area contributed by atoms with Crippen molar-refractivity contribution < 1.29 is 4.79 Å². The molecule has 0 bridgehead atoms. The van der Waals surface area contributed by atoms with Crippen LogP contribution < -0.4 is 0 Å². The third-order valence-electron chi connectivity index (χ3n) is 5.36. The van der Waals surface area contributed by atoms with Crippen LogP contribution in [0.3, 0.4) is 0 Å². The van der Waals surface area contributed by atoms with Crippen molar-refractivity contribution in [2.75, 3.05) is 5.75 Å². The van der Waals surface area contributed by atoms with Gasteiger partial charge >= 0.3 is 0 Å². The number of likely N-dealkylation sites (tertiary alicyclic amines) is 1. The number of aryl methyl sites for hydroxylation is 1. The number of piperidine rings is 1. The van der Waals surface area contributed by atoms with Crippen LogP contribution in [-0.2, 0) is 4.79 Å². The number of nitrogens with zero attached hydrogens (tertiary/aromatic N) is 4. The van der Waals surface area contributed by atoms with Crippen LogP contribution in [0, 0.1) is 6.92 Å². The summed E-state index contributed by atoms with van der Waals surface area (Å²) in [7, 11) is 0. The van der Waals surface area contributed by atoms with Crippen molar-refractivity contribution in [2.45, 2.75) is 57.1 Å². The highest BCUT2D eigenvalue weighted by molar-refractivity contribution is 8.00. The van der Waals surface area contributed by atoms with Crippen LogP contribution in [0.25, 0.3) is 21.5 Å². The van der Waals surface area contributed by atoms with Crippen LogP contribution in [0.2, 0.25) is 0 Å². The molecule has 3 aromatic rings. The molecule has 1 amide bonds. The monoisotopic (exact) mass is 412 g/mol. The summed E-state index contributed by atoms with van der Waals surface area (Å²) < 4.78 is 5.58. The first kappa shape index (κ1) is 19.3. The molecule has 2 aromatic heterocycles. The van der Waals surface area contributed by atoms with Crippen LogP contribution >= 0.6 is 23.3 Å². The van der Waals surface area contributed by atoms with E-state index in [2.05, 4.69) is 64.3 Å². The van der Waals surface area contributed by atoms with E-state index >= 15 is 0 Å². The quantitative estimate of drug-likeness (QED) is 0.448. The number of carbonyl (C=O) groups excluding carboxylic acids is 1. The van der Waals surface area contributed by atoms with E-state index in [9.17, 15) is 4.79 Å². The number of benzene rings is 1. The van der Waals surface area contributed by atoms with E-state index in [-0.39, 0.29) is 5.91 Å². The van der Waals surface area contributed by atoms with Gasteiger partial charge in [0.15, 0.2) is 0 Å². The molecule has 0 aliphatic carbocycles. The van der Waals surface area contributed by atoms with Crippen LogP contribution in [0.1, 0.15) is 38.7 Å². The number of fused-ring (bicyclic) bond motifs is 1. The van der Waals surface area contributed by atoms with E-state index in [1.54, 1.807) is 6.33 Å². The fraction of sp³-hybridized carbons (Fsp3) is 0.429. The number of rotatable bonds is 4. The van der Waals surface area contributed by atoms with E-state index in [0.29, 0.717) is 17.8 Å². The molecule has 0 radical (unpaired) electrons. The molecule has 0 unspecified atom stereocenters. The summed E-state index contributed by atoms with van der Waals surface area (Å²) in [5.74, 6) is 0.596. The van der Waals surface area contributed by atoms with Gasteiger partial charge in [-0.1, -0.05) is 41.6 Å². The lowest BCUT2D eigenvalue weighted by Gasteiger charge is -2.39. The Bertz CT molecular complexity index is 976. The molecule has 1 aromatic carbocycles. The van der Waals surface area contributed by atoms with Gasteiger partial charge in [0.05, 0.1) is 5.75 Å². The first-order chi connectivity index (χ1) is 13.5. The van der Waals surface area contributed by atoms with Gasteiger partial charge in [0, 0.05) is 17.6 Å². The van der Waals surface area contributed by atoms with E-state index in [1.807, 2.05) is 0 Å². The highest BCUT2D eigenvalue weighted by Gasteiger charge is 2.29. The third kappa shape index (κ3) is 3.78. The molecule has 0 N–H and O–H groups in total. The van der Waals surface area contributed by atoms with Crippen molar-refractivity contribution in [3.63, 3.8) is 0 Å². The smallest absolute Gasteiger partial charge is 0.233 e. The zero-order chi connectivity index (χ0) is 19.7. The Labute approximate surface area is 173 Å². The summed E-state index contributed by atoms with van der Waals surface area (Å²) in [5, 5.41) is 0.839. The third-order valence-corrected chi connectivity index (χ3v) is 7.31. The predicted molar refractivity (Wildman–Crippen MR) is 116 cm³/mol. The molecule has 1 aliphatic rings. The molecule has 0 saturated carbocycles. The average Bonchev–Trinajstić information content (AvgIpc) is 3.11. The number of hydrogen-bond donors (Lipinski definition) is 0. The molecule has 28 heavy (non-hydrogen) atoms. The van der Waals surface area contributed by atoms with Crippen molar-refractivity contribution in [1.29, 1.82) is 0 Å². The molecule has 1 saturated heterocycles. The van der Waals surface area contributed by atoms with E-state index in [0.717, 1.165) is 39.3 Å². The lowest BCUT2D eigenvalue weighted by molar-refractivity contribution is -0.134. The average molecular weight is 413 g/mol.